The van der Waals surface area contributed by atoms with Gasteiger partial charge in [0, 0.05) is 11.4 Å². The van der Waals surface area contributed by atoms with Crippen LogP contribution in [-0.2, 0) is 11.3 Å². The molecule has 0 heterocycles. The van der Waals surface area contributed by atoms with Crippen LogP contribution in [0, 0.1) is 0 Å². The van der Waals surface area contributed by atoms with Crippen LogP contribution in [0.1, 0.15) is 25.3 Å². The first kappa shape index (κ1) is 14.1. The molecule has 0 saturated heterocycles. The van der Waals surface area contributed by atoms with Crippen LogP contribution in [0.4, 0.5) is 0 Å². The lowest BCUT2D eigenvalue weighted by atomic mass is 10.1. The van der Waals surface area contributed by atoms with Crippen LogP contribution in [0.3, 0.4) is 0 Å². The number of thioether (sulfide) groups is 1. The van der Waals surface area contributed by atoms with Gasteiger partial charge in [0.25, 0.3) is 0 Å². The average Bonchev–Trinajstić information content (AvgIpc) is 2.34. The Hall–Kier alpha value is -1.00. The third kappa shape index (κ3) is 4.79. The molecule has 0 aliphatic rings. The smallest absolute Gasteiger partial charge is 0.320 e. The van der Waals surface area contributed by atoms with E-state index in [0.29, 0.717) is 13.0 Å². The Kier molecular flexibility index (Phi) is 6.08. The van der Waals surface area contributed by atoms with Crippen LogP contribution in [0.15, 0.2) is 29.2 Å². The summed E-state index contributed by atoms with van der Waals surface area (Å²) in [6, 6.07) is 7.72. The van der Waals surface area contributed by atoms with Crippen molar-refractivity contribution in [3.63, 3.8) is 0 Å². The van der Waals surface area contributed by atoms with Crippen LogP contribution in [0.5, 0.6) is 0 Å². The van der Waals surface area contributed by atoms with Crippen LogP contribution in [0.2, 0.25) is 0 Å². The second kappa shape index (κ2) is 7.35. The van der Waals surface area contributed by atoms with E-state index in [1.165, 1.54) is 4.90 Å². The summed E-state index contributed by atoms with van der Waals surface area (Å²) in [7, 11) is 0. The molecular formula is C13H19NO2S. The Morgan fingerprint density at radius 2 is 2.06 bits per heavy atom. The quantitative estimate of drug-likeness (QED) is 0.734. The summed E-state index contributed by atoms with van der Waals surface area (Å²) >= 11 is 1.70. The molecule has 0 aliphatic heterocycles. The minimum Gasteiger partial charge on any atom is -0.480 e. The van der Waals surface area contributed by atoms with Crippen molar-refractivity contribution in [2.75, 3.05) is 6.26 Å². The Morgan fingerprint density at radius 3 is 2.53 bits per heavy atom. The van der Waals surface area contributed by atoms with Gasteiger partial charge in [0.2, 0.25) is 0 Å². The summed E-state index contributed by atoms with van der Waals surface area (Å²) in [5, 5.41) is 12.1. The second-order valence-electron chi connectivity index (χ2n) is 3.91. The third-order valence-corrected chi connectivity index (χ3v) is 3.33. The van der Waals surface area contributed by atoms with Crippen molar-refractivity contribution in [3.8, 4) is 0 Å². The van der Waals surface area contributed by atoms with Gasteiger partial charge in [0.05, 0.1) is 0 Å². The Bertz CT molecular complexity index is 351. The highest BCUT2D eigenvalue weighted by Gasteiger charge is 2.14. The zero-order chi connectivity index (χ0) is 12.7. The number of rotatable bonds is 7. The average molecular weight is 253 g/mol. The van der Waals surface area contributed by atoms with E-state index in [1.54, 1.807) is 11.8 Å². The van der Waals surface area contributed by atoms with E-state index >= 15 is 0 Å². The SMILES string of the molecule is CCCC(NCc1ccc(SC)cc1)C(=O)O. The number of carbonyl (C=O) groups is 1. The number of hydrogen-bond donors (Lipinski definition) is 2. The first-order valence-electron chi connectivity index (χ1n) is 5.76. The lowest BCUT2D eigenvalue weighted by molar-refractivity contribution is -0.139. The van der Waals surface area contributed by atoms with E-state index in [4.69, 9.17) is 5.11 Å². The fourth-order valence-electron chi connectivity index (χ4n) is 1.59. The number of nitrogens with one attached hydrogen (secondary N) is 1. The van der Waals surface area contributed by atoms with Crippen molar-refractivity contribution < 1.29 is 9.90 Å². The number of carboxylic acid groups (broad SMARTS) is 1. The van der Waals surface area contributed by atoms with Crippen molar-refractivity contribution >= 4 is 17.7 Å². The predicted octanol–water partition coefficient (Wildman–Crippen LogP) is 2.75. The summed E-state index contributed by atoms with van der Waals surface area (Å²) < 4.78 is 0. The highest BCUT2D eigenvalue weighted by atomic mass is 32.2. The molecule has 0 saturated carbocycles. The summed E-state index contributed by atoms with van der Waals surface area (Å²) in [5.41, 5.74) is 1.12. The minimum atomic E-state index is -0.771. The molecule has 0 fully saturated rings. The molecule has 0 radical (unpaired) electrons. The monoisotopic (exact) mass is 253 g/mol. The lowest BCUT2D eigenvalue weighted by Gasteiger charge is -2.13. The van der Waals surface area contributed by atoms with Crippen molar-refractivity contribution in [2.45, 2.75) is 37.2 Å². The van der Waals surface area contributed by atoms with E-state index in [0.717, 1.165) is 12.0 Å². The van der Waals surface area contributed by atoms with Gasteiger partial charge in [-0.25, -0.2) is 0 Å². The number of benzene rings is 1. The molecule has 3 nitrogen and oxygen atoms in total. The molecule has 17 heavy (non-hydrogen) atoms. The minimum absolute atomic E-state index is 0.444. The molecule has 94 valence electrons. The molecule has 1 atom stereocenters. The maximum atomic E-state index is 10.9. The van der Waals surface area contributed by atoms with Crippen molar-refractivity contribution in [1.29, 1.82) is 0 Å². The van der Waals surface area contributed by atoms with E-state index < -0.39 is 12.0 Å². The Morgan fingerprint density at radius 1 is 1.41 bits per heavy atom. The van der Waals surface area contributed by atoms with E-state index in [-0.39, 0.29) is 0 Å². The molecule has 1 aromatic rings. The molecule has 0 spiro atoms. The van der Waals surface area contributed by atoms with E-state index in [1.807, 2.05) is 25.3 Å². The summed E-state index contributed by atoms with van der Waals surface area (Å²) in [6.07, 6.45) is 3.57. The van der Waals surface area contributed by atoms with Gasteiger partial charge in [-0.3, -0.25) is 4.79 Å². The van der Waals surface area contributed by atoms with Gasteiger partial charge in [-0.2, -0.15) is 0 Å². The molecule has 1 rings (SSSR count). The van der Waals surface area contributed by atoms with Crippen LogP contribution in [-0.4, -0.2) is 23.4 Å². The highest BCUT2D eigenvalue weighted by Crippen LogP contribution is 2.14. The number of carboxylic acids is 1. The van der Waals surface area contributed by atoms with Gasteiger partial charge < -0.3 is 10.4 Å². The van der Waals surface area contributed by atoms with Gasteiger partial charge in [0.15, 0.2) is 0 Å². The molecule has 0 aromatic heterocycles. The third-order valence-electron chi connectivity index (χ3n) is 2.59. The van der Waals surface area contributed by atoms with Crippen LogP contribution < -0.4 is 5.32 Å². The second-order valence-corrected chi connectivity index (χ2v) is 4.79. The van der Waals surface area contributed by atoms with Crippen molar-refractivity contribution in [2.24, 2.45) is 0 Å². The zero-order valence-electron chi connectivity index (χ0n) is 10.3. The molecule has 2 N–H and O–H groups in total. The molecule has 0 bridgehead atoms. The predicted molar refractivity (Wildman–Crippen MR) is 71.4 cm³/mol. The van der Waals surface area contributed by atoms with Gasteiger partial charge in [0.1, 0.15) is 6.04 Å². The number of aliphatic carboxylic acids is 1. The van der Waals surface area contributed by atoms with Crippen molar-refractivity contribution in [1.82, 2.24) is 5.32 Å². The lowest BCUT2D eigenvalue weighted by Crippen LogP contribution is -2.35. The maximum Gasteiger partial charge on any atom is 0.320 e. The first-order chi connectivity index (χ1) is 8.17. The van der Waals surface area contributed by atoms with Crippen LogP contribution >= 0.6 is 11.8 Å². The molecule has 0 amide bonds. The maximum absolute atomic E-state index is 10.9. The van der Waals surface area contributed by atoms with Gasteiger partial charge in [-0.1, -0.05) is 25.5 Å². The van der Waals surface area contributed by atoms with E-state index in [9.17, 15) is 4.79 Å². The fourth-order valence-corrected chi connectivity index (χ4v) is 1.99. The zero-order valence-corrected chi connectivity index (χ0v) is 11.1. The van der Waals surface area contributed by atoms with Gasteiger partial charge in [-0.05, 0) is 30.4 Å². The van der Waals surface area contributed by atoms with Gasteiger partial charge in [-0.15, -0.1) is 11.8 Å². The first-order valence-corrected chi connectivity index (χ1v) is 6.99. The van der Waals surface area contributed by atoms with Crippen LogP contribution in [0.25, 0.3) is 0 Å². The summed E-state index contributed by atoms with van der Waals surface area (Å²) in [5.74, 6) is -0.771. The number of hydrogen-bond acceptors (Lipinski definition) is 3. The Labute approximate surface area is 107 Å². The standard InChI is InChI=1S/C13H19NO2S/c1-3-4-12(13(15)16)14-9-10-5-7-11(17-2)8-6-10/h5-8,12,14H,3-4,9H2,1-2H3,(H,15,16). The molecular weight excluding hydrogens is 234 g/mol. The topological polar surface area (TPSA) is 49.3 Å². The van der Waals surface area contributed by atoms with Gasteiger partial charge >= 0.3 is 5.97 Å². The normalized spacial score (nSPS) is 12.4. The summed E-state index contributed by atoms with van der Waals surface area (Å²) in [6.45, 7) is 2.59. The largest absolute Gasteiger partial charge is 0.480 e. The Balaban J connectivity index is 2.50. The highest BCUT2D eigenvalue weighted by molar-refractivity contribution is 7.98. The summed E-state index contributed by atoms with van der Waals surface area (Å²) in [4.78, 5) is 12.2. The van der Waals surface area contributed by atoms with E-state index in [2.05, 4.69) is 17.4 Å². The molecule has 0 aliphatic carbocycles. The van der Waals surface area contributed by atoms with Crippen molar-refractivity contribution in [3.05, 3.63) is 29.8 Å². The molecule has 1 aromatic carbocycles. The molecule has 4 heteroatoms. The fraction of sp³-hybridized carbons (Fsp3) is 0.462. The molecule has 1 unspecified atom stereocenters.